The molecule has 2 N–H and O–H groups in total. The lowest BCUT2D eigenvalue weighted by atomic mass is 10.0. The van der Waals surface area contributed by atoms with Crippen LogP contribution in [0.2, 0.25) is 0 Å². The van der Waals surface area contributed by atoms with E-state index in [1.165, 1.54) is 18.2 Å². The Balaban J connectivity index is 1.67. The third kappa shape index (κ3) is 4.07. The van der Waals surface area contributed by atoms with Crippen LogP contribution in [0.3, 0.4) is 0 Å². The van der Waals surface area contributed by atoms with E-state index in [2.05, 4.69) is 16.9 Å². The van der Waals surface area contributed by atoms with Gasteiger partial charge in [0.1, 0.15) is 35.2 Å². The second kappa shape index (κ2) is 9.62. The number of halogens is 2. The van der Waals surface area contributed by atoms with Crippen molar-refractivity contribution in [3.63, 3.8) is 0 Å². The smallest absolute Gasteiger partial charge is 0.262 e. The van der Waals surface area contributed by atoms with Crippen LogP contribution in [-0.4, -0.2) is 89.7 Å². The summed E-state index contributed by atoms with van der Waals surface area (Å²) in [6.45, 7) is 6.69. The number of aromatic hydroxyl groups is 1. The molecule has 1 unspecified atom stereocenters. The van der Waals surface area contributed by atoms with Gasteiger partial charge in [-0.1, -0.05) is 12.6 Å². The summed E-state index contributed by atoms with van der Waals surface area (Å²) < 4.78 is 36.8. The first-order valence-corrected chi connectivity index (χ1v) is 12.3. The Morgan fingerprint density at radius 3 is 2.70 bits per heavy atom. The number of aromatic nitrogens is 1. The van der Waals surface area contributed by atoms with Crippen molar-refractivity contribution in [2.45, 2.75) is 31.5 Å². The number of fused-ring (bicyclic) bond motifs is 2. The predicted octanol–water partition coefficient (Wildman–Crippen LogP) is 2.15. The summed E-state index contributed by atoms with van der Waals surface area (Å²) in [5.41, 5.74) is -0.867. The average molecular weight is 514 g/mol. The van der Waals surface area contributed by atoms with Gasteiger partial charge in [-0.25, -0.2) is 13.8 Å². The van der Waals surface area contributed by atoms with Crippen molar-refractivity contribution in [2.24, 2.45) is 0 Å². The molecule has 3 aliphatic rings. The molecule has 2 saturated heterocycles. The van der Waals surface area contributed by atoms with E-state index in [1.54, 1.807) is 9.80 Å². The first kappa shape index (κ1) is 24.9. The largest absolute Gasteiger partial charge is 0.507 e. The maximum atomic E-state index is 16.1. The molecule has 3 aliphatic heterocycles. The highest BCUT2D eigenvalue weighted by Gasteiger charge is 2.43. The summed E-state index contributed by atoms with van der Waals surface area (Å²) in [5.74, 6) is -3.23. The van der Waals surface area contributed by atoms with Gasteiger partial charge in [-0.15, -0.1) is 0 Å². The van der Waals surface area contributed by atoms with Gasteiger partial charge in [0, 0.05) is 38.3 Å². The van der Waals surface area contributed by atoms with Gasteiger partial charge >= 0.3 is 0 Å². The number of carbonyl (C=O) groups is 2. The van der Waals surface area contributed by atoms with Crippen LogP contribution in [0.1, 0.15) is 23.7 Å². The number of amides is 2. The molecule has 2 aromatic rings. The molecule has 37 heavy (non-hydrogen) atoms. The molecule has 0 bridgehead atoms. The van der Waals surface area contributed by atoms with Gasteiger partial charge in [0.05, 0.1) is 11.6 Å². The molecular formula is C26H29F2N5O4. The van der Waals surface area contributed by atoms with Gasteiger partial charge in [0.2, 0.25) is 5.91 Å². The molecule has 0 saturated carbocycles. The average Bonchev–Trinajstić information content (AvgIpc) is 3.19. The van der Waals surface area contributed by atoms with Gasteiger partial charge in [-0.2, -0.15) is 0 Å². The molecule has 1 aromatic heterocycles. The standard InChI is InChI=1S/C26H29F2N5O4/c1-4-19(35)31-10-11-33-15(12-31)13-37-24-21(26(33)36)25(32-9-8-17(29-3)14(32)2)30-23(22(24)28)20-16(27)6-5-7-18(20)34/h4-7,14-15,17,29,34H,1,8-13H2,2-3H3/t14-,15+,17?/m0/s1. The van der Waals surface area contributed by atoms with Crippen LogP contribution in [-0.2, 0) is 4.79 Å². The van der Waals surface area contributed by atoms with Gasteiger partial charge in [-0.3, -0.25) is 9.59 Å². The Labute approximate surface area is 213 Å². The molecule has 9 nitrogen and oxygen atoms in total. The summed E-state index contributed by atoms with van der Waals surface area (Å²) in [7, 11) is 1.84. The van der Waals surface area contributed by atoms with E-state index < -0.39 is 40.6 Å². The molecule has 11 heteroatoms. The molecule has 2 fully saturated rings. The van der Waals surface area contributed by atoms with E-state index in [0.717, 1.165) is 12.5 Å². The number of phenols is 1. The number of benzene rings is 1. The highest BCUT2D eigenvalue weighted by molar-refractivity contribution is 6.03. The van der Waals surface area contributed by atoms with E-state index >= 15 is 4.39 Å². The van der Waals surface area contributed by atoms with Crippen molar-refractivity contribution in [1.29, 1.82) is 0 Å². The second-order valence-corrected chi connectivity index (χ2v) is 9.51. The van der Waals surface area contributed by atoms with Gasteiger partial charge in [0.15, 0.2) is 11.6 Å². The predicted molar refractivity (Wildman–Crippen MR) is 133 cm³/mol. The SMILES string of the molecule is C=CC(=O)N1CCN2C(=O)c3c(N4CCC(NC)[C@@H]4C)nc(-c4c(O)cccc4F)c(F)c3OC[C@H]2C1. The van der Waals surface area contributed by atoms with Gasteiger partial charge in [0.25, 0.3) is 5.91 Å². The molecule has 5 rings (SSSR count). The van der Waals surface area contributed by atoms with Crippen molar-refractivity contribution in [2.75, 3.05) is 44.7 Å². The minimum atomic E-state index is -1.02. The number of ether oxygens (including phenoxy) is 1. The maximum Gasteiger partial charge on any atom is 0.262 e. The molecule has 2 amide bonds. The van der Waals surface area contributed by atoms with Crippen LogP contribution >= 0.6 is 0 Å². The van der Waals surface area contributed by atoms with E-state index in [0.29, 0.717) is 13.1 Å². The first-order chi connectivity index (χ1) is 17.8. The lowest BCUT2D eigenvalue weighted by molar-refractivity contribution is -0.128. The highest BCUT2D eigenvalue weighted by atomic mass is 19.1. The summed E-state index contributed by atoms with van der Waals surface area (Å²) in [5, 5.41) is 13.7. The number of carbonyl (C=O) groups excluding carboxylic acids is 2. The number of hydrogen-bond acceptors (Lipinski definition) is 7. The van der Waals surface area contributed by atoms with E-state index in [4.69, 9.17) is 4.74 Å². The lowest BCUT2D eigenvalue weighted by Gasteiger charge is -2.39. The fourth-order valence-corrected chi connectivity index (χ4v) is 5.52. The number of phenolic OH excluding ortho intramolecular Hbond substituents is 1. The fraction of sp³-hybridized carbons (Fsp3) is 0.423. The highest BCUT2D eigenvalue weighted by Crippen LogP contribution is 2.43. The summed E-state index contributed by atoms with van der Waals surface area (Å²) >= 11 is 0. The van der Waals surface area contributed by atoms with Crippen molar-refractivity contribution in [3.05, 3.63) is 48.1 Å². The molecule has 4 heterocycles. The van der Waals surface area contributed by atoms with Crippen LogP contribution in [0.15, 0.2) is 30.9 Å². The maximum absolute atomic E-state index is 16.1. The monoisotopic (exact) mass is 513 g/mol. The molecule has 3 atom stereocenters. The molecule has 0 aliphatic carbocycles. The van der Waals surface area contributed by atoms with Crippen molar-refractivity contribution in [3.8, 4) is 22.8 Å². The number of piperazine rings is 1. The normalized spacial score (nSPS) is 23.3. The van der Waals surface area contributed by atoms with Crippen LogP contribution in [0.5, 0.6) is 11.5 Å². The topological polar surface area (TPSA) is 98.2 Å². The number of likely N-dealkylation sites (N-methyl/N-ethyl adjacent to an activating group) is 1. The van der Waals surface area contributed by atoms with Crippen LogP contribution < -0.4 is 15.0 Å². The third-order valence-electron chi connectivity index (χ3n) is 7.57. The lowest BCUT2D eigenvalue weighted by Crippen LogP contribution is -2.57. The zero-order valence-corrected chi connectivity index (χ0v) is 20.7. The van der Waals surface area contributed by atoms with Crippen LogP contribution in [0.4, 0.5) is 14.6 Å². The Hall–Kier alpha value is -3.73. The third-order valence-corrected chi connectivity index (χ3v) is 7.57. The number of rotatable bonds is 4. The number of pyridine rings is 1. The number of hydrogen-bond donors (Lipinski definition) is 2. The number of nitrogens with zero attached hydrogens (tertiary/aromatic N) is 4. The summed E-state index contributed by atoms with van der Waals surface area (Å²) in [6, 6.07) is 3.13. The Bertz CT molecular complexity index is 1250. The molecular weight excluding hydrogens is 484 g/mol. The van der Waals surface area contributed by atoms with Crippen LogP contribution in [0, 0.1) is 11.6 Å². The van der Waals surface area contributed by atoms with E-state index in [1.807, 2.05) is 18.9 Å². The summed E-state index contributed by atoms with van der Waals surface area (Å²) in [4.78, 5) is 35.7. The van der Waals surface area contributed by atoms with Crippen LogP contribution in [0.25, 0.3) is 11.3 Å². The van der Waals surface area contributed by atoms with Crippen molar-refractivity contribution >= 4 is 17.6 Å². The zero-order chi connectivity index (χ0) is 26.4. The minimum Gasteiger partial charge on any atom is -0.507 e. The molecule has 196 valence electrons. The van der Waals surface area contributed by atoms with Crippen molar-refractivity contribution in [1.82, 2.24) is 20.1 Å². The number of anilines is 1. The zero-order valence-electron chi connectivity index (χ0n) is 20.7. The second-order valence-electron chi connectivity index (χ2n) is 9.51. The molecule has 1 aromatic carbocycles. The quantitative estimate of drug-likeness (QED) is 0.605. The summed E-state index contributed by atoms with van der Waals surface area (Å²) in [6.07, 6.45) is 1.97. The first-order valence-electron chi connectivity index (χ1n) is 12.3. The molecule has 0 radical (unpaired) electrons. The fourth-order valence-electron chi connectivity index (χ4n) is 5.52. The minimum absolute atomic E-state index is 0.0355. The van der Waals surface area contributed by atoms with Gasteiger partial charge in [-0.05, 0) is 38.6 Å². The molecule has 0 spiro atoms. The number of nitrogens with one attached hydrogen (secondary N) is 1. The van der Waals surface area contributed by atoms with Gasteiger partial charge < -0.3 is 29.9 Å². The van der Waals surface area contributed by atoms with E-state index in [9.17, 15) is 19.1 Å². The van der Waals surface area contributed by atoms with Crippen molar-refractivity contribution < 1.29 is 28.2 Å². The Morgan fingerprint density at radius 1 is 1.24 bits per heavy atom. The Kier molecular flexibility index (Phi) is 6.49. The Morgan fingerprint density at radius 2 is 2.03 bits per heavy atom. The van der Waals surface area contributed by atoms with E-state index in [-0.39, 0.29) is 54.8 Å².